The highest BCUT2D eigenvalue weighted by Crippen LogP contribution is 2.23. The number of ether oxygens (including phenoxy) is 1. The maximum atomic E-state index is 11.9. The van der Waals surface area contributed by atoms with Gasteiger partial charge < -0.3 is 10.1 Å². The number of nitrogens with one attached hydrogen (secondary N) is 1. The number of benzene rings is 1. The van der Waals surface area contributed by atoms with E-state index in [-0.39, 0.29) is 5.91 Å². The van der Waals surface area contributed by atoms with Gasteiger partial charge in [0.1, 0.15) is 0 Å². The molecule has 1 amide bonds. The van der Waals surface area contributed by atoms with Crippen LogP contribution >= 0.6 is 11.3 Å². The summed E-state index contributed by atoms with van der Waals surface area (Å²) in [4.78, 5) is 16.5. The maximum absolute atomic E-state index is 11.9. The van der Waals surface area contributed by atoms with Gasteiger partial charge in [-0.3, -0.25) is 4.79 Å². The zero-order valence-electron chi connectivity index (χ0n) is 15.5. The van der Waals surface area contributed by atoms with Crippen LogP contribution in [0.15, 0.2) is 24.3 Å². The maximum Gasteiger partial charge on any atom is 0.219 e. The number of aryl methyl sites for hydroxylation is 1. The van der Waals surface area contributed by atoms with E-state index in [0.717, 1.165) is 44.4 Å². The topological polar surface area (TPSA) is 51.2 Å². The standard InChI is InChI=1S/C21H30N2O2S/c24-20(22-15-8-16-25-17-9-2-1-3-10-17)13-6-7-14-21-23-18-11-4-5-12-19(18)26-21/h4-5,11-12,17H,1-3,6-10,13-16H2,(H,22,24). The normalized spacial score (nSPS) is 15.4. The summed E-state index contributed by atoms with van der Waals surface area (Å²) < 4.78 is 7.13. The molecule has 2 aromatic rings. The van der Waals surface area contributed by atoms with Gasteiger partial charge in [0.2, 0.25) is 5.91 Å². The lowest BCUT2D eigenvalue weighted by atomic mass is 9.98. The fourth-order valence-corrected chi connectivity index (χ4v) is 4.47. The highest BCUT2D eigenvalue weighted by molar-refractivity contribution is 7.18. The number of para-hydroxylation sites is 1. The Kier molecular flexibility index (Phi) is 7.89. The van der Waals surface area contributed by atoms with E-state index in [9.17, 15) is 4.79 Å². The van der Waals surface area contributed by atoms with Crippen LogP contribution < -0.4 is 5.32 Å². The number of rotatable bonds is 10. The molecule has 1 fully saturated rings. The predicted octanol–water partition coefficient (Wildman–Crippen LogP) is 4.86. The highest BCUT2D eigenvalue weighted by atomic mass is 32.1. The van der Waals surface area contributed by atoms with E-state index in [0.29, 0.717) is 12.5 Å². The molecule has 1 aromatic heterocycles. The molecule has 0 saturated heterocycles. The second-order valence-electron chi connectivity index (χ2n) is 7.12. The lowest BCUT2D eigenvalue weighted by molar-refractivity contribution is -0.121. The molecule has 0 spiro atoms. The number of amides is 1. The Balaban J connectivity index is 1.20. The molecule has 0 bridgehead atoms. The van der Waals surface area contributed by atoms with Crippen molar-refractivity contribution in [1.82, 2.24) is 10.3 Å². The number of fused-ring (bicyclic) bond motifs is 1. The molecule has 0 unspecified atom stereocenters. The molecule has 3 rings (SSSR count). The average Bonchev–Trinajstić information content (AvgIpc) is 3.09. The minimum absolute atomic E-state index is 0.159. The number of hydrogen-bond donors (Lipinski definition) is 1. The molecule has 0 aliphatic heterocycles. The number of carbonyl (C=O) groups excluding carboxylic acids is 1. The van der Waals surface area contributed by atoms with Crippen LogP contribution in [0, 0.1) is 0 Å². The molecule has 1 heterocycles. The average molecular weight is 375 g/mol. The number of carbonyl (C=O) groups is 1. The van der Waals surface area contributed by atoms with Gasteiger partial charge in [0.25, 0.3) is 0 Å². The van der Waals surface area contributed by atoms with E-state index in [1.165, 1.54) is 41.8 Å². The summed E-state index contributed by atoms with van der Waals surface area (Å²) in [7, 11) is 0. The van der Waals surface area contributed by atoms with E-state index in [1.54, 1.807) is 11.3 Å². The molecular formula is C21H30N2O2S. The predicted molar refractivity (Wildman–Crippen MR) is 108 cm³/mol. The first-order valence-corrected chi connectivity index (χ1v) is 10.9. The number of unbranched alkanes of at least 4 members (excludes halogenated alkanes) is 1. The van der Waals surface area contributed by atoms with Crippen molar-refractivity contribution in [1.29, 1.82) is 0 Å². The van der Waals surface area contributed by atoms with Crippen molar-refractivity contribution in [3.05, 3.63) is 29.3 Å². The summed E-state index contributed by atoms with van der Waals surface area (Å²) in [5.41, 5.74) is 1.08. The Labute approximate surface area is 160 Å². The second kappa shape index (κ2) is 10.6. The molecule has 1 N–H and O–H groups in total. The molecular weight excluding hydrogens is 344 g/mol. The van der Waals surface area contributed by atoms with Crippen LogP contribution in [-0.4, -0.2) is 30.1 Å². The Morgan fingerprint density at radius 3 is 2.85 bits per heavy atom. The fourth-order valence-electron chi connectivity index (χ4n) is 3.46. The molecule has 5 heteroatoms. The third-order valence-electron chi connectivity index (χ3n) is 4.93. The third kappa shape index (κ3) is 6.36. The SMILES string of the molecule is O=C(CCCCc1nc2ccccc2s1)NCCCOC1CCCCC1. The Morgan fingerprint density at radius 1 is 1.15 bits per heavy atom. The Morgan fingerprint density at radius 2 is 2.00 bits per heavy atom. The first kappa shape index (κ1) is 19.3. The van der Waals surface area contributed by atoms with E-state index in [4.69, 9.17) is 4.74 Å². The lowest BCUT2D eigenvalue weighted by Crippen LogP contribution is -2.26. The van der Waals surface area contributed by atoms with Crippen LogP contribution in [0.25, 0.3) is 10.2 Å². The van der Waals surface area contributed by atoms with Crippen LogP contribution in [0.4, 0.5) is 0 Å². The largest absolute Gasteiger partial charge is 0.378 e. The molecule has 0 atom stereocenters. The van der Waals surface area contributed by atoms with E-state index >= 15 is 0 Å². The lowest BCUT2D eigenvalue weighted by Gasteiger charge is -2.21. The van der Waals surface area contributed by atoms with E-state index in [1.807, 2.05) is 6.07 Å². The van der Waals surface area contributed by atoms with E-state index in [2.05, 4.69) is 28.5 Å². The molecule has 1 aliphatic carbocycles. The van der Waals surface area contributed by atoms with Gasteiger partial charge in [0.15, 0.2) is 0 Å². The van der Waals surface area contributed by atoms with Crippen molar-refractivity contribution in [2.45, 2.75) is 70.3 Å². The summed E-state index contributed by atoms with van der Waals surface area (Å²) in [6.07, 6.45) is 11.2. The van der Waals surface area contributed by atoms with Crippen molar-refractivity contribution in [3.63, 3.8) is 0 Å². The van der Waals surface area contributed by atoms with Gasteiger partial charge in [0.05, 0.1) is 21.3 Å². The van der Waals surface area contributed by atoms with E-state index < -0.39 is 0 Å². The second-order valence-corrected chi connectivity index (χ2v) is 8.23. The van der Waals surface area contributed by atoms with Gasteiger partial charge in [0, 0.05) is 19.6 Å². The molecule has 1 aliphatic rings. The summed E-state index contributed by atoms with van der Waals surface area (Å²) in [6.45, 7) is 1.49. The summed E-state index contributed by atoms with van der Waals surface area (Å²) in [5.74, 6) is 0.159. The summed E-state index contributed by atoms with van der Waals surface area (Å²) in [6, 6.07) is 8.24. The van der Waals surface area contributed by atoms with Crippen molar-refractivity contribution >= 4 is 27.5 Å². The monoisotopic (exact) mass is 374 g/mol. The van der Waals surface area contributed by atoms with Crippen LogP contribution in [-0.2, 0) is 16.0 Å². The number of aromatic nitrogens is 1. The van der Waals surface area contributed by atoms with Crippen LogP contribution in [0.5, 0.6) is 0 Å². The minimum atomic E-state index is 0.159. The minimum Gasteiger partial charge on any atom is -0.378 e. The highest BCUT2D eigenvalue weighted by Gasteiger charge is 2.13. The summed E-state index contributed by atoms with van der Waals surface area (Å²) >= 11 is 1.76. The first-order valence-electron chi connectivity index (χ1n) is 10.0. The first-order chi connectivity index (χ1) is 12.8. The smallest absolute Gasteiger partial charge is 0.219 e. The number of nitrogens with zero attached hydrogens (tertiary/aromatic N) is 1. The summed E-state index contributed by atoms with van der Waals surface area (Å²) in [5, 5.41) is 4.18. The molecule has 4 nitrogen and oxygen atoms in total. The zero-order valence-corrected chi connectivity index (χ0v) is 16.4. The van der Waals surface area contributed by atoms with Gasteiger partial charge in [-0.25, -0.2) is 4.98 Å². The zero-order chi connectivity index (χ0) is 18.0. The van der Waals surface area contributed by atoms with Crippen molar-refractivity contribution in [3.8, 4) is 0 Å². The van der Waals surface area contributed by atoms with Crippen molar-refractivity contribution in [2.24, 2.45) is 0 Å². The molecule has 1 aromatic carbocycles. The van der Waals surface area contributed by atoms with Gasteiger partial charge in [-0.05, 0) is 50.7 Å². The van der Waals surface area contributed by atoms with Crippen molar-refractivity contribution in [2.75, 3.05) is 13.2 Å². The molecule has 1 saturated carbocycles. The Bertz CT molecular complexity index is 646. The van der Waals surface area contributed by atoms with Crippen LogP contribution in [0.1, 0.15) is 62.8 Å². The Hall–Kier alpha value is -1.46. The van der Waals surface area contributed by atoms with Gasteiger partial charge in [-0.15, -0.1) is 11.3 Å². The molecule has 142 valence electrons. The number of hydrogen-bond acceptors (Lipinski definition) is 4. The van der Waals surface area contributed by atoms with Gasteiger partial charge in [-0.1, -0.05) is 31.4 Å². The quantitative estimate of drug-likeness (QED) is 0.604. The molecule has 26 heavy (non-hydrogen) atoms. The fraction of sp³-hybridized carbons (Fsp3) is 0.619. The third-order valence-corrected chi connectivity index (χ3v) is 6.03. The van der Waals surface area contributed by atoms with Crippen molar-refractivity contribution < 1.29 is 9.53 Å². The van der Waals surface area contributed by atoms with Gasteiger partial charge >= 0.3 is 0 Å². The van der Waals surface area contributed by atoms with Crippen LogP contribution in [0.3, 0.4) is 0 Å². The molecule has 0 radical (unpaired) electrons. The van der Waals surface area contributed by atoms with Gasteiger partial charge in [-0.2, -0.15) is 0 Å². The van der Waals surface area contributed by atoms with Crippen LogP contribution in [0.2, 0.25) is 0 Å². The number of thiazole rings is 1.